The molecule has 5 aromatic rings. The first-order chi connectivity index (χ1) is 17.4. The van der Waals surface area contributed by atoms with Gasteiger partial charge in [-0.25, -0.2) is 18.2 Å². The van der Waals surface area contributed by atoms with Crippen LogP contribution in [0.1, 0.15) is 0 Å². The van der Waals surface area contributed by atoms with Crippen molar-refractivity contribution < 1.29 is 22.7 Å². The molecule has 0 fully saturated rings. The zero-order chi connectivity index (χ0) is 25.1. The molecule has 2 N–H and O–H groups in total. The molecule has 0 atom stereocenters. The van der Waals surface area contributed by atoms with Gasteiger partial charge in [-0.1, -0.05) is 52.6 Å². The summed E-state index contributed by atoms with van der Waals surface area (Å²) in [6.07, 6.45) is 0. The fourth-order valence-electron chi connectivity index (χ4n) is 2.98. The molecule has 13 heteroatoms. The maximum Gasteiger partial charge on any atom is 0.236 e. The van der Waals surface area contributed by atoms with E-state index < -0.39 is 23.4 Å². The number of nitrogens with one attached hydrogen (secondary N) is 2. The van der Waals surface area contributed by atoms with Crippen LogP contribution in [0.25, 0.3) is 10.2 Å². The predicted molar refractivity (Wildman–Crippen MR) is 135 cm³/mol. The van der Waals surface area contributed by atoms with Gasteiger partial charge in [0.05, 0.1) is 10.5 Å². The van der Waals surface area contributed by atoms with Gasteiger partial charge in [-0.05, 0) is 42.5 Å². The van der Waals surface area contributed by atoms with Crippen LogP contribution in [0.15, 0.2) is 65.0 Å². The summed E-state index contributed by atoms with van der Waals surface area (Å²) in [7, 11) is 0. The van der Waals surface area contributed by atoms with E-state index in [4.69, 9.17) is 4.74 Å². The van der Waals surface area contributed by atoms with Crippen LogP contribution in [0.3, 0.4) is 0 Å². The Morgan fingerprint density at radius 2 is 1.67 bits per heavy atom. The summed E-state index contributed by atoms with van der Waals surface area (Å²) in [5.41, 5.74) is 0.457. The number of ether oxygens (including phenoxy) is 1. The van der Waals surface area contributed by atoms with Crippen molar-refractivity contribution in [3.63, 3.8) is 0 Å². The molecule has 5 rings (SSSR count). The van der Waals surface area contributed by atoms with Crippen molar-refractivity contribution in [2.24, 2.45) is 0 Å². The molecule has 182 valence electrons. The van der Waals surface area contributed by atoms with Gasteiger partial charge in [-0.15, -0.1) is 10.2 Å². The molecule has 1 amide bonds. The van der Waals surface area contributed by atoms with Crippen molar-refractivity contribution in [1.29, 1.82) is 0 Å². The molecule has 0 aliphatic carbocycles. The quantitative estimate of drug-likeness (QED) is 0.163. The van der Waals surface area contributed by atoms with Crippen LogP contribution in [0.4, 0.5) is 29.1 Å². The molecule has 0 saturated carbocycles. The van der Waals surface area contributed by atoms with E-state index in [1.165, 1.54) is 11.3 Å². The van der Waals surface area contributed by atoms with Crippen molar-refractivity contribution in [3.8, 4) is 11.5 Å². The van der Waals surface area contributed by atoms with Gasteiger partial charge in [0, 0.05) is 5.69 Å². The van der Waals surface area contributed by atoms with Gasteiger partial charge in [0.1, 0.15) is 17.0 Å². The number of carbonyl (C=O) groups is 1. The molecule has 2 aromatic heterocycles. The second-order valence-electron chi connectivity index (χ2n) is 7.13. The topological polar surface area (TPSA) is 89.0 Å². The lowest BCUT2D eigenvalue weighted by Crippen LogP contribution is -2.13. The van der Waals surface area contributed by atoms with Crippen LogP contribution in [-0.4, -0.2) is 26.8 Å². The smallest absolute Gasteiger partial charge is 0.236 e. The van der Waals surface area contributed by atoms with Gasteiger partial charge < -0.3 is 15.4 Å². The first-order valence-corrected chi connectivity index (χ1v) is 12.9. The lowest BCUT2D eigenvalue weighted by molar-refractivity contribution is -0.113. The molecule has 0 spiro atoms. The summed E-state index contributed by atoms with van der Waals surface area (Å²) in [5.74, 6) is -3.31. The van der Waals surface area contributed by atoms with Crippen LogP contribution in [-0.2, 0) is 4.79 Å². The van der Waals surface area contributed by atoms with Gasteiger partial charge in [-0.3, -0.25) is 4.79 Å². The Labute approximate surface area is 214 Å². The number of benzene rings is 3. The largest absolute Gasteiger partial charge is 0.457 e. The fourth-order valence-corrected chi connectivity index (χ4v) is 5.46. The minimum Gasteiger partial charge on any atom is -0.457 e. The molecule has 3 aromatic carbocycles. The molecule has 0 unspecified atom stereocenters. The van der Waals surface area contributed by atoms with Crippen LogP contribution >= 0.6 is 34.4 Å². The van der Waals surface area contributed by atoms with Crippen molar-refractivity contribution in [2.75, 3.05) is 16.4 Å². The molecular formula is C23H14F3N5O2S3. The SMILES string of the molecule is O=C(CSc1nnc(Nc2ccc(Oc3ccccc3)cc2)s1)Nc1nc2c(F)c(F)c(F)cc2s1. The summed E-state index contributed by atoms with van der Waals surface area (Å²) in [6, 6.07) is 17.6. The lowest BCUT2D eigenvalue weighted by atomic mass is 10.3. The Bertz CT molecular complexity index is 1530. The van der Waals surface area contributed by atoms with E-state index in [0.29, 0.717) is 15.2 Å². The Balaban J connectivity index is 1.14. The van der Waals surface area contributed by atoms with Gasteiger partial charge >= 0.3 is 0 Å². The third-order valence-corrected chi connectivity index (χ3v) is 7.48. The van der Waals surface area contributed by atoms with Crippen LogP contribution in [0.5, 0.6) is 11.5 Å². The summed E-state index contributed by atoms with van der Waals surface area (Å²) < 4.78 is 47.0. The van der Waals surface area contributed by atoms with Crippen LogP contribution in [0.2, 0.25) is 0 Å². The van der Waals surface area contributed by atoms with Gasteiger partial charge in [-0.2, -0.15) is 0 Å². The maximum atomic E-state index is 13.8. The lowest BCUT2D eigenvalue weighted by Gasteiger charge is -2.06. The number of para-hydroxylation sites is 1. The molecule has 0 bridgehead atoms. The number of anilines is 3. The normalized spacial score (nSPS) is 11.0. The summed E-state index contributed by atoms with van der Waals surface area (Å²) in [6.45, 7) is 0. The van der Waals surface area contributed by atoms with Crippen molar-refractivity contribution >= 4 is 66.5 Å². The van der Waals surface area contributed by atoms with Crippen molar-refractivity contribution in [1.82, 2.24) is 15.2 Å². The van der Waals surface area contributed by atoms with E-state index in [9.17, 15) is 18.0 Å². The average molecular weight is 546 g/mol. The molecular weight excluding hydrogens is 531 g/mol. The third kappa shape index (κ3) is 5.58. The Hall–Kier alpha value is -3.68. The van der Waals surface area contributed by atoms with Crippen LogP contribution in [0, 0.1) is 17.5 Å². The number of rotatable bonds is 8. The summed E-state index contributed by atoms with van der Waals surface area (Å²) in [4.78, 5) is 16.1. The highest BCUT2D eigenvalue weighted by Gasteiger charge is 2.18. The standard InChI is InChI=1S/C23H14F3N5O2S3/c24-15-10-16-20(19(26)18(15)25)29-21(35-16)28-17(32)11-34-23-31-30-22(36-23)27-12-6-8-14(9-7-12)33-13-4-2-1-3-5-13/h1-10H,11H2,(H,27,30)(H,28,29,32). The zero-order valence-corrected chi connectivity index (χ0v) is 20.4. The number of thioether (sulfide) groups is 1. The van der Waals surface area contributed by atoms with Gasteiger partial charge in [0.2, 0.25) is 11.0 Å². The van der Waals surface area contributed by atoms with E-state index in [-0.39, 0.29) is 21.1 Å². The highest BCUT2D eigenvalue weighted by Crippen LogP contribution is 2.32. The molecule has 7 nitrogen and oxygen atoms in total. The summed E-state index contributed by atoms with van der Waals surface area (Å²) in [5, 5.41) is 14.3. The number of nitrogens with zero attached hydrogens (tertiary/aromatic N) is 3. The highest BCUT2D eigenvalue weighted by atomic mass is 32.2. The maximum absolute atomic E-state index is 13.8. The van der Waals surface area contributed by atoms with Gasteiger partial charge in [0.25, 0.3) is 0 Å². The Morgan fingerprint density at radius 1 is 0.917 bits per heavy atom. The molecule has 0 radical (unpaired) electrons. The second-order valence-corrected chi connectivity index (χ2v) is 10.4. The Morgan fingerprint density at radius 3 is 2.44 bits per heavy atom. The number of carbonyl (C=O) groups excluding carboxylic acids is 1. The number of fused-ring (bicyclic) bond motifs is 1. The molecule has 36 heavy (non-hydrogen) atoms. The zero-order valence-electron chi connectivity index (χ0n) is 18.0. The number of amides is 1. The van der Waals surface area contributed by atoms with E-state index in [2.05, 4.69) is 25.8 Å². The first kappa shape index (κ1) is 24.0. The third-order valence-electron chi connectivity index (χ3n) is 4.59. The average Bonchev–Trinajstić information content (AvgIpc) is 3.50. The van der Waals surface area contributed by atoms with Crippen molar-refractivity contribution in [3.05, 3.63) is 78.1 Å². The number of thiazole rings is 1. The first-order valence-electron chi connectivity index (χ1n) is 10.2. The highest BCUT2D eigenvalue weighted by molar-refractivity contribution is 8.01. The molecule has 2 heterocycles. The monoisotopic (exact) mass is 545 g/mol. The molecule has 0 aliphatic rings. The number of halogens is 3. The minimum absolute atomic E-state index is 0.0126. The number of aromatic nitrogens is 3. The van der Waals surface area contributed by atoms with E-state index >= 15 is 0 Å². The molecule has 0 saturated heterocycles. The number of hydrogen-bond acceptors (Lipinski definition) is 9. The van der Waals surface area contributed by atoms with E-state index in [0.717, 1.165) is 40.6 Å². The second kappa shape index (κ2) is 10.5. The van der Waals surface area contributed by atoms with Crippen molar-refractivity contribution in [2.45, 2.75) is 4.34 Å². The number of hydrogen-bond donors (Lipinski definition) is 2. The molecule has 0 aliphatic heterocycles. The fraction of sp³-hybridized carbons (Fsp3) is 0.0435. The van der Waals surface area contributed by atoms with E-state index in [1.807, 2.05) is 54.6 Å². The Kier molecular flexibility index (Phi) is 7.02. The predicted octanol–water partition coefficient (Wildman–Crippen LogP) is 6.83. The minimum atomic E-state index is -1.60. The van der Waals surface area contributed by atoms with Crippen LogP contribution < -0.4 is 15.4 Å². The summed E-state index contributed by atoms with van der Waals surface area (Å²) >= 11 is 3.27. The van der Waals surface area contributed by atoms with E-state index in [1.54, 1.807) is 0 Å². The van der Waals surface area contributed by atoms with Gasteiger partial charge in [0.15, 0.2) is 26.9 Å².